The van der Waals surface area contributed by atoms with Gasteiger partial charge in [-0.2, -0.15) is 0 Å². The van der Waals surface area contributed by atoms with Gasteiger partial charge >= 0.3 is 5.97 Å². The van der Waals surface area contributed by atoms with Crippen molar-refractivity contribution in [3.05, 3.63) is 48.5 Å². The van der Waals surface area contributed by atoms with Crippen LogP contribution in [0, 0.1) is 0 Å². The van der Waals surface area contributed by atoms with Gasteiger partial charge in [0.15, 0.2) is 6.10 Å². The molecule has 4 heteroatoms. The normalized spacial score (nSPS) is 11.8. The Kier molecular flexibility index (Phi) is 12.2. The minimum atomic E-state index is -0.608. The van der Waals surface area contributed by atoms with E-state index in [0.717, 1.165) is 5.56 Å². The quantitative estimate of drug-likeness (QED) is 0.159. The average Bonchev–Trinajstić information content (AvgIpc) is 2.79. The van der Waals surface area contributed by atoms with Gasteiger partial charge < -0.3 is 9.47 Å². The molecule has 0 aliphatic carbocycles. The molecule has 0 saturated carbocycles. The highest BCUT2D eigenvalue weighted by Gasteiger charge is 2.15. The maximum absolute atomic E-state index is 11.7. The van der Waals surface area contributed by atoms with Crippen LogP contribution < -0.4 is 4.74 Å². The third-order valence-electron chi connectivity index (χ3n) is 5.24. The molecule has 0 aromatic heterocycles. The molecule has 170 valence electrons. The second kappa shape index (κ2) is 15.0. The molecule has 2 rings (SSSR count). The summed E-state index contributed by atoms with van der Waals surface area (Å²) in [5, 5.41) is 0. The molecular weight excluding hydrogens is 404 g/mol. The molecule has 2 aromatic carbocycles. The maximum atomic E-state index is 11.7. The molecule has 0 heterocycles. The van der Waals surface area contributed by atoms with Crippen molar-refractivity contribution in [2.75, 3.05) is 12.4 Å². The van der Waals surface area contributed by atoms with E-state index in [0.29, 0.717) is 12.4 Å². The van der Waals surface area contributed by atoms with Crippen LogP contribution in [0.15, 0.2) is 53.4 Å². The van der Waals surface area contributed by atoms with Gasteiger partial charge in [-0.25, -0.2) is 4.79 Å². The summed E-state index contributed by atoms with van der Waals surface area (Å²) >= 11 is 1.95. The van der Waals surface area contributed by atoms with Crippen molar-refractivity contribution in [2.45, 2.75) is 83.1 Å². The fourth-order valence-electron chi connectivity index (χ4n) is 3.41. The summed E-state index contributed by atoms with van der Waals surface area (Å²) in [5.74, 6) is 1.52. The Morgan fingerprint density at radius 2 is 1.35 bits per heavy atom. The van der Waals surface area contributed by atoms with E-state index < -0.39 is 6.10 Å². The van der Waals surface area contributed by atoms with Crippen molar-refractivity contribution >= 4 is 17.7 Å². The van der Waals surface area contributed by atoms with E-state index in [-0.39, 0.29) is 5.97 Å². The molecule has 0 fully saturated rings. The number of esters is 1. The monoisotopic (exact) mass is 442 g/mol. The van der Waals surface area contributed by atoms with E-state index in [4.69, 9.17) is 9.47 Å². The van der Waals surface area contributed by atoms with Gasteiger partial charge in [-0.1, -0.05) is 76.1 Å². The van der Waals surface area contributed by atoms with Crippen LogP contribution in [-0.4, -0.2) is 24.4 Å². The highest BCUT2D eigenvalue weighted by molar-refractivity contribution is 7.99. The summed E-state index contributed by atoms with van der Waals surface area (Å²) in [4.78, 5) is 13.0. The SMILES string of the molecule is CCCCCCCCCCSc1ccc(-c2ccc(O[C@H](C)C(=O)OCC)cc2)cc1. The van der Waals surface area contributed by atoms with Crippen LogP contribution in [0.25, 0.3) is 11.1 Å². The van der Waals surface area contributed by atoms with Gasteiger partial charge in [0.05, 0.1) is 6.61 Å². The Morgan fingerprint density at radius 1 is 0.806 bits per heavy atom. The lowest BCUT2D eigenvalue weighted by atomic mass is 10.1. The van der Waals surface area contributed by atoms with E-state index in [2.05, 4.69) is 31.2 Å². The molecule has 2 aromatic rings. The largest absolute Gasteiger partial charge is 0.479 e. The molecule has 0 saturated heterocycles. The van der Waals surface area contributed by atoms with Gasteiger partial charge in [-0.15, -0.1) is 11.8 Å². The molecule has 0 aliphatic heterocycles. The lowest BCUT2D eigenvalue weighted by Gasteiger charge is -2.13. The second-order valence-electron chi connectivity index (χ2n) is 7.88. The minimum Gasteiger partial charge on any atom is -0.479 e. The van der Waals surface area contributed by atoms with Gasteiger partial charge in [0.25, 0.3) is 0 Å². The first-order valence-corrected chi connectivity index (χ1v) is 12.8. The zero-order valence-corrected chi connectivity index (χ0v) is 20.2. The first-order valence-electron chi connectivity index (χ1n) is 11.8. The van der Waals surface area contributed by atoms with E-state index in [9.17, 15) is 4.79 Å². The first-order chi connectivity index (χ1) is 15.1. The Labute approximate surface area is 192 Å². The second-order valence-corrected chi connectivity index (χ2v) is 9.05. The van der Waals surface area contributed by atoms with Crippen LogP contribution in [0.1, 0.15) is 72.1 Å². The van der Waals surface area contributed by atoms with E-state index >= 15 is 0 Å². The third-order valence-corrected chi connectivity index (χ3v) is 6.34. The Bertz CT molecular complexity index is 740. The topological polar surface area (TPSA) is 35.5 Å². The predicted octanol–water partition coefficient (Wildman–Crippen LogP) is 7.92. The van der Waals surface area contributed by atoms with E-state index in [1.165, 1.54) is 67.6 Å². The number of rotatable bonds is 15. The zero-order valence-electron chi connectivity index (χ0n) is 19.4. The smallest absolute Gasteiger partial charge is 0.347 e. The van der Waals surface area contributed by atoms with Crippen LogP contribution in [0.4, 0.5) is 0 Å². The molecule has 0 spiro atoms. The van der Waals surface area contributed by atoms with Gasteiger partial charge in [0.1, 0.15) is 5.75 Å². The Balaban J connectivity index is 1.72. The molecule has 3 nitrogen and oxygen atoms in total. The number of benzene rings is 2. The molecule has 0 radical (unpaired) electrons. The molecule has 0 aliphatic rings. The van der Waals surface area contributed by atoms with E-state index in [1.807, 2.05) is 36.0 Å². The van der Waals surface area contributed by atoms with Crippen molar-refractivity contribution in [1.82, 2.24) is 0 Å². The Morgan fingerprint density at radius 3 is 1.94 bits per heavy atom. The standard InChI is InChI=1S/C27H38O3S/c1-4-6-7-8-9-10-11-12-21-31-26-19-15-24(16-20-26)23-13-17-25(18-14-23)30-22(3)27(28)29-5-2/h13-20,22H,4-12,21H2,1-3H3/t22-/m1/s1. The lowest BCUT2D eigenvalue weighted by Crippen LogP contribution is -2.25. The predicted molar refractivity (Wildman–Crippen MR) is 132 cm³/mol. The van der Waals surface area contributed by atoms with Gasteiger partial charge in [0.2, 0.25) is 0 Å². The van der Waals surface area contributed by atoms with E-state index in [1.54, 1.807) is 13.8 Å². The van der Waals surface area contributed by atoms with Crippen molar-refractivity contribution < 1.29 is 14.3 Å². The van der Waals surface area contributed by atoms with Crippen LogP contribution in [0.3, 0.4) is 0 Å². The summed E-state index contributed by atoms with van der Waals surface area (Å²) in [5.41, 5.74) is 2.32. The number of ether oxygens (including phenoxy) is 2. The first kappa shape index (κ1) is 25.3. The molecule has 1 atom stereocenters. The van der Waals surface area contributed by atoms with Crippen molar-refractivity contribution in [2.24, 2.45) is 0 Å². The average molecular weight is 443 g/mol. The highest BCUT2D eigenvalue weighted by atomic mass is 32.2. The van der Waals surface area contributed by atoms with Crippen molar-refractivity contribution in [1.29, 1.82) is 0 Å². The summed E-state index contributed by atoms with van der Waals surface area (Å²) in [6.45, 7) is 6.12. The van der Waals surface area contributed by atoms with Crippen LogP contribution in [0.2, 0.25) is 0 Å². The molecule has 0 bridgehead atoms. The number of carbonyl (C=O) groups is 1. The summed E-state index contributed by atoms with van der Waals surface area (Å²) < 4.78 is 10.6. The number of hydrogen-bond donors (Lipinski definition) is 0. The van der Waals surface area contributed by atoms with Crippen LogP contribution in [0.5, 0.6) is 5.75 Å². The fourth-order valence-corrected chi connectivity index (χ4v) is 4.32. The minimum absolute atomic E-state index is 0.341. The van der Waals surface area contributed by atoms with Gasteiger partial charge in [-0.3, -0.25) is 0 Å². The van der Waals surface area contributed by atoms with Crippen molar-refractivity contribution in [3.63, 3.8) is 0 Å². The van der Waals surface area contributed by atoms with Crippen molar-refractivity contribution in [3.8, 4) is 16.9 Å². The zero-order chi connectivity index (χ0) is 22.3. The molecule has 0 amide bonds. The molecular formula is C27H38O3S. The summed E-state index contributed by atoms with van der Waals surface area (Å²) in [7, 11) is 0. The summed E-state index contributed by atoms with van der Waals surface area (Å²) in [6, 6.07) is 16.6. The molecule has 0 N–H and O–H groups in total. The summed E-state index contributed by atoms with van der Waals surface area (Å²) in [6.07, 6.45) is 10.3. The van der Waals surface area contributed by atoms with Crippen LogP contribution >= 0.6 is 11.8 Å². The Hall–Kier alpha value is -1.94. The number of carbonyl (C=O) groups excluding carboxylic acids is 1. The third kappa shape index (κ3) is 9.82. The number of unbranched alkanes of at least 4 members (excludes halogenated alkanes) is 7. The van der Waals surface area contributed by atoms with Gasteiger partial charge in [-0.05, 0) is 61.4 Å². The van der Waals surface area contributed by atoms with Gasteiger partial charge in [0, 0.05) is 4.90 Å². The molecule has 0 unspecified atom stereocenters. The van der Waals surface area contributed by atoms with Crippen LogP contribution in [-0.2, 0) is 9.53 Å². The fraction of sp³-hybridized carbons (Fsp3) is 0.519. The highest BCUT2D eigenvalue weighted by Crippen LogP contribution is 2.27. The molecule has 31 heavy (non-hydrogen) atoms. The maximum Gasteiger partial charge on any atom is 0.347 e. The number of hydrogen-bond acceptors (Lipinski definition) is 4. The lowest BCUT2D eigenvalue weighted by molar-refractivity contribution is -0.150. The number of thioether (sulfide) groups is 1.